The zero-order chi connectivity index (χ0) is 12.1. The smallest absolute Gasteiger partial charge is 0.328 e. The topological polar surface area (TPSA) is 46.5 Å². The summed E-state index contributed by atoms with van der Waals surface area (Å²) in [5.74, 6) is -0.231. The molecular formula is C14H12O3. The lowest BCUT2D eigenvalue weighted by molar-refractivity contribution is -0.131. The van der Waals surface area contributed by atoms with Crippen LogP contribution in [-0.4, -0.2) is 17.7 Å². The third kappa shape index (κ3) is 3.08. The molecule has 1 N–H and O–H groups in total. The fourth-order valence-corrected chi connectivity index (χ4v) is 1.55. The van der Waals surface area contributed by atoms with E-state index >= 15 is 0 Å². The number of ether oxygens (including phenoxy) is 1. The monoisotopic (exact) mass is 228 g/mol. The normalized spacial score (nSPS) is 10.8. The molecule has 0 radical (unpaired) electrons. The third-order valence-corrected chi connectivity index (χ3v) is 2.33. The number of carbonyl (C=O) groups is 1. The molecule has 0 heterocycles. The van der Waals surface area contributed by atoms with E-state index in [1.54, 1.807) is 0 Å². The molecule has 0 bridgehead atoms. The van der Waals surface area contributed by atoms with Crippen LogP contribution in [0.3, 0.4) is 0 Å². The van der Waals surface area contributed by atoms with E-state index in [1.807, 2.05) is 42.5 Å². The minimum atomic E-state index is -0.966. The SMILES string of the molecule is O=C(O)C=CCOc1ccc2ccccc2c1. The van der Waals surface area contributed by atoms with Gasteiger partial charge in [0.1, 0.15) is 12.4 Å². The number of hydrogen-bond acceptors (Lipinski definition) is 2. The van der Waals surface area contributed by atoms with Crippen molar-refractivity contribution in [3.63, 3.8) is 0 Å². The van der Waals surface area contributed by atoms with Gasteiger partial charge in [-0.15, -0.1) is 0 Å². The Balaban J connectivity index is 2.07. The number of hydrogen-bond donors (Lipinski definition) is 1. The van der Waals surface area contributed by atoms with Crippen molar-refractivity contribution in [3.8, 4) is 5.75 Å². The number of carboxylic acid groups (broad SMARTS) is 1. The maximum atomic E-state index is 10.2. The predicted molar refractivity (Wildman–Crippen MR) is 66.2 cm³/mol. The van der Waals surface area contributed by atoms with Gasteiger partial charge in [0, 0.05) is 6.08 Å². The molecule has 2 rings (SSSR count). The van der Waals surface area contributed by atoms with Crippen molar-refractivity contribution in [1.82, 2.24) is 0 Å². The molecule has 3 heteroatoms. The van der Waals surface area contributed by atoms with Crippen molar-refractivity contribution < 1.29 is 14.6 Å². The molecule has 0 aliphatic heterocycles. The van der Waals surface area contributed by atoms with Gasteiger partial charge in [0.2, 0.25) is 0 Å². The summed E-state index contributed by atoms with van der Waals surface area (Å²) in [7, 11) is 0. The van der Waals surface area contributed by atoms with Crippen molar-refractivity contribution >= 4 is 16.7 Å². The molecule has 0 fully saturated rings. The number of benzene rings is 2. The number of aliphatic carboxylic acids is 1. The van der Waals surface area contributed by atoms with Gasteiger partial charge in [-0.05, 0) is 29.0 Å². The molecule has 0 unspecified atom stereocenters. The Kier molecular flexibility index (Phi) is 3.40. The van der Waals surface area contributed by atoms with E-state index in [2.05, 4.69) is 0 Å². The van der Waals surface area contributed by atoms with Gasteiger partial charge < -0.3 is 9.84 Å². The van der Waals surface area contributed by atoms with Gasteiger partial charge in [0.05, 0.1) is 0 Å². The summed E-state index contributed by atoms with van der Waals surface area (Å²) in [5, 5.41) is 10.7. The van der Waals surface area contributed by atoms with Crippen LogP contribution in [0.5, 0.6) is 5.75 Å². The standard InChI is InChI=1S/C14H12O3/c15-14(16)6-3-9-17-13-8-7-11-4-1-2-5-12(11)10-13/h1-8,10H,9H2,(H,15,16). The number of fused-ring (bicyclic) bond motifs is 1. The highest BCUT2D eigenvalue weighted by Crippen LogP contribution is 2.20. The Morgan fingerprint density at radius 1 is 1.18 bits per heavy atom. The average Bonchev–Trinajstić information content (AvgIpc) is 2.34. The third-order valence-electron chi connectivity index (χ3n) is 2.33. The molecule has 86 valence electrons. The molecule has 3 nitrogen and oxygen atoms in total. The van der Waals surface area contributed by atoms with Gasteiger partial charge in [-0.3, -0.25) is 0 Å². The van der Waals surface area contributed by atoms with Gasteiger partial charge in [0.25, 0.3) is 0 Å². The summed E-state index contributed by atoms with van der Waals surface area (Å²) in [5.41, 5.74) is 0. The molecule has 0 saturated carbocycles. The average molecular weight is 228 g/mol. The predicted octanol–water partition coefficient (Wildman–Crippen LogP) is 2.86. The second-order valence-electron chi connectivity index (χ2n) is 3.56. The lowest BCUT2D eigenvalue weighted by atomic mass is 10.1. The first-order chi connectivity index (χ1) is 8.25. The van der Waals surface area contributed by atoms with Crippen molar-refractivity contribution in [2.75, 3.05) is 6.61 Å². The van der Waals surface area contributed by atoms with Crippen LogP contribution < -0.4 is 4.74 Å². The van der Waals surface area contributed by atoms with E-state index in [0.717, 1.165) is 22.6 Å². The summed E-state index contributed by atoms with van der Waals surface area (Å²) in [6, 6.07) is 13.8. The van der Waals surface area contributed by atoms with Crippen LogP contribution in [0.25, 0.3) is 10.8 Å². The quantitative estimate of drug-likeness (QED) is 0.818. The minimum absolute atomic E-state index is 0.255. The van der Waals surface area contributed by atoms with Crippen LogP contribution in [0.15, 0.2) is 54.6 Å². The first-order valence-electron chi connectivity index (χ1n) is 5.27. The summed E-state index contributed by atoms with van der Waals surface area (Å²) in [6.07, 6.45) is 2.54. The van der Waals surface area contributed by atoms with Gasteiger partial charge in [-0.25, -0.2) is 4.79 Å². The summed E-state index contributed by atoms with van der Waals surface area (Å²) >= 11 is 0. The Morgan fingerprint density at radius 3 is 2.71 bits per heavy atom. The zero-order valence-electron chi connectivity index (χ0n) is 9.17. The highest BCUT2D eigenvalue weighted by Gasteiger charge is 1.95. The number of rotatable bonds is 4. The Labute approximate surface area is 99.0 Å². The minimum Gasteiger partial charge on any atom is -0.490 e. The zero-order valence-corrected chi connectivity index (χ0v) is 9.17. The van der Waals surface area contributed by atoms with E-state index in [0.29, 0.717) is 0 Å². The van der Waals surface area contributed by atoms with Gasteiger partial charge in [-0.2, -0.15) is 0 Å². The molecule has 0 saturated heterocycles. The molecule has 0 aromatic heterocycles. The highest BCUT2D eigenvalue weighted by atomic mass is 16.5. The van der Waals surface area contributed by atoms with E-state index in [4.69, 9.17) is 9.84 Å². The molecule has 2 aromatic rings. The maximum absolute atomic E-state index is 10.2. The largest absolute Gasteiger partial charge is 0.490 e. The lowest BCUT2D eigenvalue weighted by Crippen LogP contribution is -1.95. The lowest BCUT2D eigenvalue weighted by Gasteiger charge is -2.04. The molecular weight excluding hydrogens is 216 g/mol. The van der Waals surface area contributed by atoms with E-state index in [-0.39, 0.29) is 6.61 Å². The molecule has 0 amide bonds. The summed E-state index contributed by atoms with van der Waals surface area (Å²) in [4.78, 5) is 10.2. The van der Waals surface area contributed by atoms with Crippen LogP contribution in [0.4, 0.5) is 0 Å². The van der Waals surface area contributed by atoms with Crippen molar-refractivity contribution in [1.29, 1.82) is 0 Å². The van der Waals surface area contributed by atoms with Crippen LogP contribution in [0.2, 0.25) is 0 Å². The van der Waals surface area contributed by atoms with Gasteiger partial charge in [0.15, 0.2) is 0 Å². The van der Waals surface area contributed by atoms with Crippen molar-refractivity contribution in [3.05, 3.63) is 54.6 Å². The molecule has 0 atom stereocenters. The van der Waals surface area contributed by atoms with Crippen LogP contribution in [0.1, 0.15) is 0 Å². The van der Waals surface area contributed by atoms with E-state index in [1.165, 1.54) is 6.08 Å². The Bertz CT molecular complexity index is 558. The molecule has 17 heavy (non-hydrogen) atoms. The summed E-state index contributed by atoms with van der Waals surface area (Å²) in [6.45, 7) is 0.255. The van der Waals surface area contributed by atoms with Crippen molar-refractivity contribution in [2.45, 2.75) is 0 Å². The van der Waals surface area contributed by atoms with E-state index < -0.39 is 5.97 Å². The van der Waals surface area contributed by atoms with Gasteiger partial charge in [-0.1, -0.05) is 30.3 Å². The van der Waals surface area contributed by atoms with Crippen LogP contribution in [-0.2, 0) is 4.79 Å². The maximum Gasteiger partial charge on any atom is 0.328 e. The van der Waals surface area contributed by atoms with Crippen LogP contribution in [0, 0.1) is 0 Å². The second kappa shape index (κ2) is 5.16. The highest BCUT2D eigenvalue weighted by molar-refractivity contribution is 5.83. The van der Waals surface area contributed by atoms with E-state index in [9.17, 15) is 4.79 Å². The fourth-order valence-electron chi connectivity index (χ4n) is 1.55. The Morgan fingerprint density at radius 2 is 1.94 bits per heavy atom. The Hall–Kier alpha value is -2.29. The summed E-state index contributed by atoms with van der Waals surface area (Å²) < 4.78 is 5.41. The number of carboxylic acids is 1. The fraction of sp³-hybridized carbons (Fsp3) is 0.0714. The second-order valence-corrected chi connectivity index (χ2v) is 3.56. The van der Waals surface area contributed by atoms with Gasteiger partial charge >= 0.3 is 5.97 Å². The molecule has 0 spiro atoms. The first kappa shape index (κ1) is 11.2. The molecule has 0 aliphatic rings. The first-order valence-corrected chi connectivity index (χ1v) is 5.27. The van der Waals surface area contributed by atoms with Crippen molar-refractivity contribution in [2.24, 2.45) is 0 Å². The molecule has 0 aliphatic carbocycles. The molecule has 2 aromatic carbocycles. The van der Waals surface area contributed by atoms with Crippen LogP contribution >= 0.6 is 0 Å².